The molecule has 0 N–H and O–H groups in total. The third-order valence-corrected chi connectivity index (χ3v) is 5.02. The fraction of sp³-hybridized carbons (Fsp3) is 0.909. The van der Waals surface area contributed by atoms with Crippen LogP contribution in [0.1, 0.15) is 26.7 Å². The zero-order valence-corrected chi connectivity index (χ0v) is 11.6. The highest BCUT2D eigenvalue weighted by molar-refractivity contribution is 7.86. The van der Waals surface area contributed by atoms with Gasteiger partial charge >= 0.3 is 0 Å². The first-order valence-electron chi connectivity index (χ1n) is 5.96. The third-order valence-electron chi connectivity index (χ3n) is 3.09. The van der Waals surface area contributed by atoms with E-state index in [1.165, 1.54) is 11.4 Å². The molecule has 98 valence electrons. The summed E-state index contributed by atoms with van der Waals surface area (Å²) in [4.78, 5) is 0. The van der Waals surface area contributed by atoms with E-state index in [0.717, 1.165) is 6.42 Å². The molecular formula is C11H21N3O2S. The summed E-state index contributed by atoms with van der Waals surface area (Å²) < 4.78 is 27.3. The first kappa shape index (κ1) is 14.4. The zero-order valence-electron chi connectivity index (χ0n) is 10.8. The number of nitrogens with zero attached hydrogens (tertiary/aromatic N) is 3. The monoisotopic (exact) mass is 259 g/mol. The van der Waals surface area contributed by atoms with Gasteiger partial charge in [0.25, 0.3) is 10.2 Å². The van der Waals surface area contributed by atoms with Crippen LogP contribution in [0.3, 0.4) is 0 Å². The minimum atomic E-state index is -3.38. The molecule has 0 radical (unpaired) electrons. The lowest BCUT2D eigenvalue weighted by atomic mass is 9.94. The summed E-state index contributed by atoms with van der Waals surface area (Å²) in [5, 5.41) is 8.49. The fourth-order valence-corrected chi connectivity index (χ4v) is 3.92. The molecule has 2 unspecified atom stereocenters. The summed E-state index contributed by atoms with van der Waals surface area (Å²) in [5.74, 6) is 0.802. The maximum atomic E-state index is 12.2. The van der Waals surface area contributed by atoms with Crippen molar-refractivity contribution >= 4 is 10.2 Å². The lowest BCUT2D eigenvalue weighted by molar-refractivity contribution is 0.212. The lowest BCUT2D eigenvalue weighted by Gasteiger charge is -2.36. The number of nitriles is 1. The van der Waals surface area contributed by atoms with Crippen molar-refractivity contribution in [1.82, 2.24) is 8.61 Å². The maximum Gasteiger partial charge on any atom is 0.281 e. The van der Waals surface area contributed by atoms with Gasteiger partial charge in [-0.15, -0.1) is 0 Å². The standard InChI is InChI=1S/C11H21N3O2S/c1-10-7-11(2)9-14(8-10)17(15,16)13(3)6-4-5-12/h10-11H,4,6-9H2,1-3H3. The smallest absolute Gasteiger partial charge is 0.198 e. The summed E-state index contributed by atoms with van der Waals surface area (Å²) >= 11 is 0. The van der Waals surface area contributed by atoms with Gasteiger partial charge in [-0.2, -0.15) is 22.3 Å². The average molecular weight is 259 g/mol. The van der Waals surface area contributed by atoms with E-state index in [1.807, 2.05) is 6.07 Å². The van der Waals surface area contributed by atoms with Crippen molar-refractivity contribution in [2.75, 3.05) is 26.7 Å². The van der Waals surface area contributed by atoms with Crippen LogP contribution in [0.2, 0.25) is 0 Å². The second-order valence-corrected chi connectivity index (χ2v) is 7.04. The molecule has 0 aromatic rings. The Bertz CT molecular complexity index is 378. The van der Waals surface area contributed by atoms with E-state index in [-0.39, 0.29) is 13.0 Å². The van der Waals surface area contributed by atoms with Gasteiger partial charge in [0.05, 0.1) is 6.07 Å². The molecule has 1 saturated heterocycles. The Kier molecular flexibility index (Phi) is 4.92. The molecule has 0 amide bonds. The summed E-state index contributed by atoms with van der Waals surface area (Å²) in [6.45, 7) is 5.59. The van der Waals surface area contributed by atoms with Crippen LogP contribution in [-0.2, 0) is 10.2 Å². The lowest BCUT2D eigenvalue weighted by Crippen LogP contribution is -2.48. The Hall–Kier alpha value is -0.640. The van der Waals surface area contributed by atoms with Crippen LogP contribution < -0.4 is 0 Å². The van der Waals surface area contributed by atoms with Gasteiger partial charge in [0.15, 0.2) is 0 Å². The minimum absolute atomic E-state index is 0.231. The van der Waals surface area contributed by atoms with Crippen LogP contribution in [0.5, 0.6) is 0 Å². The van der Waals surface area contributed by atoms with Crippen molar-refractivity contribution < 1.29 is 8.42 Å². The molecule has 1 aliphatic rings. The molecule has 1 aliphatic heterocycles. The number of rotatable bonds is 4. The second kappa shape index (κ2) is 5.80. The predicted molar refractivity (Wildman–Crippen MR) is 66.3 cm³/mol. The van der Waals surface area contributed by atoms with Crippen LogP contribution in [0.4, 0.5) is 0 Å². The molecule has 1 heterocycles. The Balaban J connectivity index is 2.72. The van der Waals surface area contributed by atoms with Gasteiger partial charge in [0, 0.05) is 33.1 Å². The average Bonchev–Trinajstić information content (AvgIpc) is 2.24. The van der Waals surface area contributed by atoms with Crippen molar-refractivity contribution in [3.8, 4) is 6.07 Å². The SMILES string of the molecule is CC1CC(C)CN(S(=O)(=O)N(C)CCC#N)C1. The van der Waals surface area contributed by atoms with E-state index in [0.29, 0.717) is 24.9 Å². The van der Waals surface area contributed by atoms with E-state index < -0.39 is 10.2 Å². The van der Waals surface area contributed by atoms with E-state index in [4.69, 9.17) is 5.26 Å². The van der Waals surface area contributed by atoms with Gasteiger partial charge in [-0.05, 0) is 18.3 Å². The van der Waals surface area contributed by atoms with E-state index >= 15 is 0 Å². The van der Waals surface area contributed by atoms with E-state index in [9.17, 15) is 8.42 Å². The van der Waals surface area contributed by atoms with E-state index in [2.05, 4.69) is 13.8 Å². The molecule has 0 spiro atoms. The molecule has 1 fully saturated rings. The topological polar surface area (TPSA) is 64.4 Å². The van der Waals surface area contributed by atoms with Crippen LogP contribution in [0, 0.1) is 23.2 Å². The van der Waals surface area contributed by atoms with Gasteiger partial charge in [-0.3, -0.25) is 0 Å². The van der Waals surface area contributed by atoms with Crippen molar-refractivity contribution in [3.63, 3.8) is 0 Å². The normalized spacial score (nSPS) is 27.0. The van der Waals surface area contributed by atoms with Gasteiger partial charge in [0.1, 0.15) is 0 Å². The van der Waals surface area contributed by atoms with Gasteiger partial charge in [0.2, 0.25) is 0 Å². The second-order valence-electron chi connectivity index (χ2n) is 5.00. The van der Waals surface area contributed by atoms with Crippen LogP contribution in [0.15, 0.2) is 0 Å². The van der Waals surface area contributed by atoms with E-state index in [1.54, 1.807) is 4.31 Å². The summed E-state index contributed by atoms with van der Waals surface area (Å²) in [5.41, 5.74) is 0. The molecular weight excluding hydrogens is 238 g/mol. The minimum Gasteiger partial charge on any atom is -0.198 e. The molecule has 17 heavy (non-hydrogen) atoms. The molecule has 2 atom stereocenters. The maximum absolute atomic E-state index is 12.2. The number of hydrogen-bond donors (Lipinski definition) is 0. The van der Waals surface area contributed by atoms with Gasteiger partial charge in [-0.25, -0.2) is 0 Å². The fourth-order valence-electron chi connectivity index (χ4n) is 2.31. The Morgan fingerprint density at radius 1 is 1.35 bits per heavy atom. The Morgan fingerprint density at radius 2 is 1.88 bits per heavy atom. The summed E-state index contributed by atoms with van der Waals surface area (Å²) in [6, 6.07) is 1.97. The highest BCUT2D eigenvalue weighted by atomic mass is 32.2. The molecule has 0 saturated carbocycles. The molecule has 1 rings (SSSR count). The van der Waals surface area contributed by atoms with Crippen LogP contribution in [-0.4, -0.2) is 43.7 Å². The molecule has 0 aliphatic carbocycles. The first-order chi connectivity index (χ1) is 7.87. The predicted octanol–water partition coefficient (Wildman–Crippen LogP) is 1.05. The van der Waals surface area contributed by atoms with Crippen molar-refractivity contribution in [2.24, 2.45) is 11.8 Å². The molecule has 0 bridgehead atoms. The quantitative estimate of drug-likeness (QED) is 0.758. The summed E-state index contributed by atoms with van der Waals surface area (Å²) in [7, 11) is -1.85. The number of piperidine rings is 1. The third kappa shape index (κ3) is 3.66. The molecule has 0 aromatic heterocycles. The zero-order chi connectivity index (χ0) is 13.1. The number of hydrogen-bond acceptors (Lipinski definition) is 3. The Morgan fingerprint density at radius 3 is 2.35 bits per heavy atom. The van der Waals surface area contributed by atoms with Crippen LogP contribution in [0.25, 0.3) is 0 Å². The largest absolute Gasteiger partial charge is 0.281 e. The highest BCUT2D eigenvalue weighted by Gasteiger charge is 2.32. The van der Waals surface area contributed by atoms with Crippen LogP contribution >= 0.6 is 0 Å². The summed E-state index contributed by atoms with van der Waals surface area (Å²) in [6.07, 6.45) is 1.31. The van der Waals surface area contributed by atoms with Crippen molar-refractivity contribution in [1.29, 1.82) is 5.26 Å². The Labute approximate surface area is 104 Å². The highest BCUT2D eigenvalue weighted by Crippen LogP contribution is 2.24. The molecule has 6 heteroatoms. The van der Waals surface area contributed by atoms with Crippen molar-refractivity contribution in [2.45, 2.75) is 26.7 Å². The first-order valence-corrected chi connectivity index (χ1v) is 7.36. The van der Waals surface area contributed by atoms with Crippen molar-refractivity contribution in [3.05, 3.63) is 0 Å². The molecule has 5 nitrogen and oxygen atoms in total. The molecule has 0 aromatic carbocycles. The van der Waals surface area contributed by atoms with Gasteiger partial charge in [-0.1, -0.05) is 13.8 Å². The van der Waals surface area contributed by atoms with Gasteiger partial charge < -0.3 is 0 Å².